The molecule has 3 heterocycles. The molecule has 9 aromatic carbocycles. The van der Waals surface area contributed by atoms with E-state index in [1.54, 1.807) is 0 Å². The quantitative estimate of drug-likeness (QED) is 0.125. The minimum absolute atomic E-state index is 0.0227. The third-order valence-electron chi connectivity index (χ3n) is 11.6. The molecule has 0 fully saturated rings. The van der Waals surface area contributed by atoms with Crippen molar-refractivity contribution < 1.29 is 14.0 Å². The van der Waals surface area contributed by atoms with Crippen molar-refractivity contribution in [3.8, 4) is 67.3 Å². The third kappa shape index (κ3) is 5.66. The lowest BCUT2D eigenvalue weighted by Gasteiger charge is -2.18. The molecule has 0 atom stereocenters. The minimum Gasteiger partial charge on any atom is -0.455 e. The molecule has 0 N–H and O–H groups in total. The number of hydrogen-bond donors (Lipinski definition) is 0. The fraction of sp³-hybridized carbons (Fsp3) is 0. The van der Waals surface area contributed by atoms with Crippen LogP contribution in [0.25, 0.3) is 121 Å². The van der Waals surface area contributed by atoms with Crippen molar-refractivity contribution in [3.05, 3.63) is 218 Å². The summed E-state index contributed by atoms with van der Waals surface area (Å²) in [4.78, 5) is 9.23. The molecule has 0 bridgehead atoms. The molecule has 0 amide bonds. The number of pyridine rings is 2. The summed E-state index contributed by atoms with van der Waals surface area (Å²) in [6, 6.07) is 57.6. The molecule has 12 aromatic rings. The highest BCUT2D eigenvalue weighted by atomic mass is 16.3. The van der Waals surface area contributed by atoms with Crippen molar-refractivity contribution in [2.24, 2.45) is 0 Å². The fourth-order valence-corrected chi connectivity index (χ4v) is 8.99. The van der Waals surface area contributed by atoms with Gasteiger partial charge in [-0.2, -0.15) is 0 Å². The van der Waals surface area contributed by atoms with Gasteiger partial charge in [0.25, 0.3) is 0 Å². The van der Waals surface area contributed by atoms with Gasteiger partial charge in [0.1, 0.15) is 11.5 Å². The first-order valence-corrected chi connectivity index (χ1v) is 20.2. The van der Waals surface area contributed by atoms with Gasteiger partial charge < -0.3 is 4.42 Å². The van der Waals surface area contributed by atoms with Crippen LogP contribution in [0.3, 0.4) is 0 Å². The molecule has 0 radical (unpaired) electrons. The van der Waals surface area contributed by atoms with Crippen LogP contribution in [0.5, 0.6) is 0 Å². The summed E-state index contributed by atoms with van der Waals surface area (Å²) in [5.74, 6) is 1.39. The van der Waals surface area contributed by atoms with E-state index < -0.39 is 24.3 Å². The standard InChI is InChI=1S/C58H36N2O/c1-4-17-37(18-5-1)51-45-26-12-14-28-47(45)53(48-29-15-13-27-46(48)51)58-52(38-19-6-2-7-20-38)54(57(61-58)41-21-8-3-9-22-41)49-34-33-44(42-24-10-11-25-43(42)49)50-35-32-40-31-30-39-23-16-36-59-55(39)56(40)60-50/h1-36H/i16D,23D,30D,31D,32D,35D,36D. The predicted molar refractivity (Wildman–Crippen MR) is 254 cm³/mol. The zero-order valence-corrected chi connectivity index (χ0v) is 32.5. The average molecular weight is 784 g/mol. The maximum Gasteiger partial charge on any atom is 0.144 e. The van der Waals surface area contributed by atoms with E-state index in [0.717, 1.165) is 76.8 Å². The lowest BCUT2D eigenvalue weighted by molar-refractivity contribution is 0.600. The van der Waals surface area contributed by atoms with Crippen LogP contribution in [0, 0.1) is 0 Å². The second kappa shape index (κ2) is 14.3. The van der Waals surface area contributed by atoms with Crippen molar-refractivity contribution in [1.29, 1.82) is 0 Å². The summed E-state index contributed by atoms with van der Waals surface area (Å²) in [6.07, 6.45) is -0.475. The van der Waals surface area contributed by atoms with Crippen LogP contribution in [-0.2, 0) is 0 Å². The Morgan fingerprint density at radius 2 is 0.836 bits per heavy atom. The lowest BCUT2D eigenvalue weighted by Crippen LogP contribution is -1.93. The monoisotopic (exact) mass is 783 g/mol. The number of rotatable bonds is 6. The third-order valence-corrected chi connectivity index (χ3v) is 11.6. The lowest BCUT2D eigenvalue weighted by atomic mass is 9.84. The first-order valence-electron chi connectivity index (χ1n) is 23.7. The second-order valence-electron chi connectivity index (χ2n) is 15.0. The van der Waals surface area contributed by atoms with Crippen molar-refractivity contribution in [1.82, 2.24) is 9.97 Å². The summed E-state index contributed by atoms with van der Waals surface area (Å²) in [6.45, 7) is 0. The van der Waals surface area contributed by atoms with E-state index in [-0.39, 0.29) is 45.6 Å². The number of nitrogens with zero attached hydrogens (tertiary/aromatic N) is 2. The van der Waals surface area contributed by atoms with Crippen molar-refractivity contribution >= 4 is 54.1 Å². The molecule has 0 spiro atoms. The van der Waals surface area contributed by atoms with Crippen LogP contribution in [0.4, 0.5) is 0 Å². The molecule has 0 saturated heterocycles. The van der Waals surface area contributed by atoms with Crippen LogP contribution in [0.15, 0.2) is 223 Å². The Morgan fingerprint density at radius 1 is 0.361 bits per heavy atom. The van der Waals surface area contributed by atoms with E-state index in [1.165, 1.54) is 0 Å². The second-order valence-corrected chi connectivity index (χ2v) is 15.0. The molecule has 0 unspecified atom stereocenters. The Kier molecular flexibility index (Phi) is 6.64. The van der Waals surface area contributed by atoms with E-state index >= 15 is 0 Å². The van der Waals surface area contributed by atoms with Crippen LogP contribution in [0.1, 0.15) is 9.60 Å². The van der Waals surface area contributed by atoms with E-state index in [9.17, 15) is 2.74 Å². The summed E-state index contributed by atoms with van der Waals surface area (Å²) in [5.41, 5.74) is 8.42. The largest absolute Gasteiger partial charge is 0.455 e. The van der Waals surface area contributed by atoms with Crippen LogP contribution < -0.4 is 0 Å². The molecule has 0 saturated carbocycles. The van der Waals surface area contributed by atoms with Gasteiger partial charge in [0.2, 0.25) is 0 Å². The number of benzene rings is 9. The summed E-state index contributed by atoms with van der Waals surface area (Å²) < 4.78 is 69.0. The van der Waals surface area contributed by atoms with E-state index in [4.69, 9.17) is 16.3 Å². The number of fused-ring (bicyclic) bond motifs is 6. The molecule has 0 aliphatic heterocycles. The van der Waals surface area contributed by atoms with Gasteiger partial charge in [-0.15, -0.1) is 0 Å². The summed E-state index contributed by atoms with van der Waals surface area (Å²) >= 11 is 0. The van der Waals surface area contributed by atoms with Crippen LogP contribution >= 0.6 is 0 Å². The molecule has 0 aliphatic rings. The van der Waals surface area contributed by atoms with E-state index in [2.05, 4.69) is 102 Å². The first-order chi connectivity index (χ1) is 33.2. The first kappa shape index (κ1) is 28.3. The zero-order chi connectivity index (χ0) is 46.4. The molecule has 3 aromatic heterocycles. The molecule has 3 heteroatoms. The van der Waals surface area contributed by atoms with Crippen molar-refractivity contribution in [3.63, 3.8) is 0 Å². The Labute approximate surface area is 362 Å². The van der Waals surface area contributed by atoms with Gasteiger partial charge in [0.05, 0.1) is 26.3 Å². The minimum atomic E-state index is -0.475. The predicted octanol–water partition coefficient (Wildman–Crippen LogP) is 15.8. The molecule has 61 heavy (non-hydrogen) atoms. The van der Waals surface area contributed by atoms with Gasteiger partial charge in [0.15, 0.2) is 0 Å². The molecule has 284 valence electrons. The van der Waals surface area contributed by atoms with E-state index in [1.807, 2.05) is 78.9 Å². The zero-order valence-electron chi connectivity index (χ0n) is 39.5. The Bertz CT molecular complexity index is 3990. The highest BCUT2D eigenvalue weighted by molar-refractivity contribution is 6.23. The van der Waals surface area contributed by atoms with Gasteiger partial charge in [-0.1, -0.05) is 200 Å². The van der Waals surface area contributed by atoms with Gasteiger partial charge in [-0.05, 0) is 66.7 Å². The number of furan rings is 1. The average Bonchev–Trinajstić information content (AvgIpc) is 3.77. The SMILES string of the molecule is [2H]c1nc2c(c([2H])c1[2H])c([2H])c([2H])c1c([2H])c([2H])c(-c3ccc(-c4c(-c5ccccc5)oc(-c5c6ccccc6c(-c6ccccc6)c6ccccc56)c4-c4ccccc4)c4ccccc34)nc12. The molecule has 0 aliphatic carbocycles. The smallest absolute Gasteiger partial charge is 0.144 e. The Hall–Kier alpha value is -8.14. The molecular weight excluding hydrogens is 741 g/mol. The van der Waals surface area contributed by atoms with Crippen LogP contribution in [-0.4, -0.2) is 9.97 Å². The van der Waals surface area contributed by atoms with Gasteiger partial charge in [-0.3, -0.25) is 4.98 Å². The van der Waals surface area contributed by atoms with Gasteiger partial charge >= 0.3 is 0 Å². The summed E-state index contributed by atoms with van der Waals surface area (Å²) in [7, 11) is 0. The van der Waals surface area contributed by atoms with Crippen LogP contribution in [0.2, 0.25) is 0 Å². The van der Waals surface area contributed by atoms with Gasteiger partial charge in [-0.25, -0.2) is 4.98 Å². The highest BCUT2D eigenvalue weighted by Crippen LogP contribution is 2.54. The maximum atomic E-state index is 9.36. The fourth-order valence-electron chi connectivity index (χ4n) is 8.99. The number of hydrogen-bond acceptors (Lipinski definition) is 3. The number of aromatic nitrogens is 2. The molecule has 3 nitrogen and oxygen atoms in total. The normalized spacial score (nSPS) is 13.2. The highest BCUT2D eigenvalue weighted by Gasteiger charge is 2.29. The maximum absolute atomic E-state index is 9.36. The topological polar surface area (TPSA) is 38.9 Å². The van der Waals surface area contributed by atoms with Crippen molar-refractivity contribution in [2.45, 2.75) is 0 Å². The Morgan fingerprint density at radius 3 is 1.46 bits per heavy atom. The summed E-state index contributed by atoms with van der Waals surface area (Å²) in [5, 5.41) is 5.70. The van der Waals surface area contributed by atoms with Crippen molar-refractivity contribution in [2.75, 3.05) is 0 Å². The van der Waals surface area contributed by atoms with E-state index in [0.29, 0.717) is 17.1 Å². The Balaban J connectivity index is 1.19. The van der Waals surface area contributed by atoms with Gasteiger partial charge in [0, 0.05) is 44.8 Å². The molecular formula is C58H36N2O. The molecule has 12 rings (SSSR count).